The number of hydrogen-bond acceptors (Lipinski definition) is 5. The molecule has 0 saturated carbocycles. The van der Waals surface area contributed by atoms with E-state index in [2.05, 4.69) is 25.7 Å². The lowest BCUT2D eigenvalue weighted by Gasteiger charge is -2.10. The van der Waals surface area contributed by atoms with Gasteiger partial charge < -0.3 is 10.6 Å². The quantitative estimate of drug-likeness (QED) is 0.729. The number of benzene rings is 1. The third-order valence-corrected chi connectivity index (χ3v) is 3.52. The number of carbonyl (C=O) groups excluding carboxylic acids is 1. The molecule has 0 fully saturated rings. The largest absolute Gasteiger partial charge is 0.340 e. The molecule has 0 unspecified atom stereocenters. The number of carbonyl (C=O) groups is 1. The van der Waals surface area contributed by atoms with Crippen LogP contribution < -0.4 is 10.6 Å². The molecule has 0 aliphatic heterocycles. The Morgan fingerprint density at radius 1 is 0.962 bits per heavy atom. The molecule has 2 heterocycles. The fraction of sp³-hybridized carbons (Fsp3) is 0.222. The van der Waals surface area contributed by atoms with Gasteiger partial charge in [0.25, 0.3) is 5.95 Å². The SMILES string of the molecule is CC(=O)Nc1ccc(Nc2cc(C)nc(-n3nc(C)cc3C)n2)cc1.Cl. The molecule has 0 aliphatic rings. The summed E-state index contributed by atoms with van der Waals surface area (Å²) in [6.07, 6.45) is 0. The topological polar surface area (TPSA) is 84.7 Å². The van der Waals surface area contributed by atoms with Crippen molar-refractivity contribution in [3.8, 4) is 5.95 Å². The highest BCUT2D eigenvalue weighted by Crippen LogP contribution is 2.19. The summed E-state index contributed by atoms with van der Waals surface area (Å²) in [4.78, 5) is 20.1. The van der Waals surface area contributed by atoms with Crippen molar-refractivity contribution in [1.82, 2.24) is 19.7 Å². The van der Waals surface area contributed by atoms with Crippen LogP contribution >= 0.6 is 12.4 Å². The number of aromatic nitrogens is 4. The van der Waals surface area contributed by atoms with E-state index in [4.69, 9.17) is 0 Å². The van der Waals surface area contributed by atoms with Crippen LogP contribution in [0.4, 0.5) is 17.2 Å². The second kappa shape index (κ2) is 7.97. The van der Waals surface area contributed by atoms with Crippen molar-refractivity contribution >= 4 is 35.5 Å². The first kappa shape index (κ1) is 19.4. The molecule has 8 heteroatoms. The lowest BCUT2D eigenvalue weighted by Crippen LogP contribution is -2.08. The minimum Gasteiger partial charge on any atom is -0.340 e. The van der Waals surface area contributed by atoms with Crippen LogP contribution in [0.5, 0.6) is 0 Å². The summed E-state index contributed by atoms with van der Waals surface area (Å²) in [6, 6.07) is 11.3. The summed E-state index contributed by atoms with van der Waals surface area (Å²) in [7, 11) is 0. The molecule has 0 radical (unpaired) electrons. The highest BCUT2D eigenvalue weighted by atomic mass is 35.5. The van der Waals surface area contributed by atoms with Gasteiger partial charge in [0.2, 0.25) is 5.91 Å². The summed E-state index contributed by atoms with van der Waals surface area (Å²) in [5, 5.41) is 10.4. The second-order valence-corrected chi connectivity index (χ2v) is 5.92. The first-order valence-corrected chi connectivity index (χ1v) is 7.95. The smallest absolute Gasteiger partial charge is 0.252 e. The zero-order chi connectivity index (χ0) is 18.0. The van der Waals surface area contributed by atoms with Gasteiger partial charge in [-0.25, -0.2) is 9.67 Å². The maximum atomic E-state index is 11.1. The lowest BCUT2D eigenvalue weighted by atomic mass is 10.2. The molecule has 7 nitrogen and oxygen atoms in total. The Morgan fingerprint density at radius 3 is 2.19 bits per heavy atom. The zero-order valence-electron chi connectivity index (χ0n) is 15.1. The summed E-state index contributed by atoms with van der Waals surface area (Å²) < 4.78 is 1.73. The molecule has 0 saturated heterocycles. The van der Waals surface area contributed by atoms with E-state index in [0.29, 0.717) is 11.8 Å². The van der Waals surface area contributed by atoms with E-state index < -0.39 is 0 Å². The van der Waals surface area contributed by atoms with Crippen molar-refractivity contribution in [2.24, 2.45) is 0 Å². The Morgan fingerprint density at radius 2 is 1.62 bits per heavy atom. The van der Waals surface area contributed by atoms with Crippen LogP contribution in [0, 0.1) is 20.8 Å². The van der Waals surface area contributed by atoms with Gasteiger partial charge in [-0.15, -0.1) is 12.4 Å². The van der Waals surface area contributed by atoms with Crippen LogP contribution in [0.15, 0.2) is 36.4 Å². The number of halogens is 1. The van der Waals surface area contributed by atoms with Crippen LogP contribution in [0.25, 0.3) is 5.95 Å². The maximum Gasteiger partial charge on any atom is 0.252 e. The Labute approximate surface area is 158 Å². The molecular weight excluding hydrogens is 352 g/mol. The van der Waals surface area contributed by atoms with Gasteiger partial charge in [-0.05, 0) is 51.1 Å². The fourth-order valence-corrected chi connectivity index (χ4v) is 2.53. The third-order valence-electron chi connectivity index (χ3n) is 3.52. The highest BCUT2D eigenvalue weighted by Gasteiger charge is 2.09. The van der Waals surface area contributed by atoms with Crippen molar-refractivity contribution in [2.45, 2.75) is 27.7 Å². The molecule has 0 atom stereocenters. The Bertz CT molecular complexity index is 920. The van der Waals surface area contributed by atoms with Gasteiger partial charge in [-0.1, -0.05) is 0 Å². The monoisotopic (exact) mass is 372 g/mol. The Balaban J connectivity index is 0.00000243. The molecule has 0 spiro atoms. The second-order valence-electron chi connectivity index (χ2n) is 5.92. The zero-order valence-corrected chi connectivity index (χ0v) is 15.9. The summed E-state index contributed by atoms with van der Waals surface area (Å²) >= 11 is 0. The van der Waals surface area contributed by atoms with Gasteiger partial charge in [-0.2, -0.15) is 10.1 Å². The molecule has 3 aromatic rings. The molecule has 1 aromatic carbocycles. The van der Waals surface area contributed by atoms with E-state index in [0.717, 1.165) is 28.5 Å². The standard InChI is InChI=1S/C18H20N6O.ClH/c1-11-10-17(21-16-7-5-15(6-8-16)20-14(4)25)22-18(19-11)24-13(3)9-12(2)23-24;/h5-10H,1-4H3,(H,20,25)(H,19,21,22);1H. The predicted octanol–water partition coefficient (Wildman–Crippen LogP) is 3.71. The van der Waals surface area contributed by atoms with Crippen molar-refractivity contribution in [2.75, 3.05) is 10.6 Å². The van der Waals surface area contributed by atoms with E-state index in [1.54, 1.807) is 4.68 Å². The number of rotatable bonds is 4. The fourth-order valence-electron chi connectivity index (χ4n) is 2.53. The van der Waals surface area contributed by atoms with Crippen molar-refractivity contribution in [3.63, 3.8) is 0 Å². The number of anilines is 3. The van der Waals surface area contributed by atoms with Crippen LogP contribution in [-0.2, 0) is 4.79 Å². The van der Waals surface area contributed by atoms with Gasteiger partial charge in [0, 0.05) is 35.8 Å². The average Bonchev–Trinajstić information content (AvgIpc) is 2.87. The number of amides is 1. The molecule has 2 N–H and O–H groups in total. The summed E-state index contributed by atoms with van der Waals surface area (Å²) in [6.45, 7) is 7.31. The predicted molar refractivity (Wildman–Crippen MR) is 105 cm³/mol. The number of nitrogens with zero attached hydrogens (tertiary/aromatic N) is 4. The molecule has 136 valence electrons. The molecule has 26 heavy (non-hydrogen) atoms. The van der Waals surface area contributed by atoms with E-state index in [9.17, 15) is 4.79 Å². The highest BCUT2D eigenvalue weighted by molar-refractivity contribution is 5.88. The molecule has 3 rings (SSSR count). The van der Waals surface area contributed by atoms with Crippen LogP contribution in [0.1, 0.15) is 24.0 Å². The van der Waals surface area contributed by atoms with Crippen molar-refractivity contribution in [3.05, 3.63) is 53.5 Å². The molecule has 1 amide bonds. The Hall–Kier alpha value is -2.93. The number of hydrogen-bond donors (Lipinski definition) is 2. The molecule has 2 aromatic heterocycles. The lowest BCUT2D eigenvalue weighted by molar-refractivity contribution is -0.114. The van der Waals surface area contributed by atoms with E-state index in [-0.39, 0.29) is 18.3 Å². The average molecular weight is 373 g/mol. The minimum absolute atomic E-state index is 0. The van der Waals surface area contributed by atoms with Crippen molar-refractivity contribution in [1.29, 1.82) is 0 Å². The first-order valence-electron chi connectivity index (χ1n) is 7.95. The van der Waals surface area contributed by atoms with Gasteiger partial charge >= 0.3 is 0 Å². The number of nitrogens with one attached hydrogen (secondary N) is 2. The third kappa shape index (κ3) is 4.58. The summed E-state index contributed by atoms with van der Waals surface area (Å²) in [5.41, 5.74) is 4.36. The number of aryl methyl sites for hydroxylation is 3. The maximum absolute atomic E-state index is 11.1. The van der Waals surface area contributed by atoms with Crippen LogP contribution in [0.2, 0.25) is 0 Å². The summed E-state index contributed by atoms with van der Waals surface area (Å²) in [5.74, 6) is 1.12. The van der Waals surface area contributed by atoms with E-state index in [1.807, 2.05) is 57.2 Å². The molecular formula is C18H21ClN6O. The minimum atomic E-state index is -0.0957. The van der Waals surface area contributed by atoms with Crippen molar-refractivity contribution < 1.29 is 4.79 Å². The molecule has 0 aliphatic carbocycles. The van der Waals surface area contributed by atoms with Gasteiger partial charge in [0.1, 0.15) is 5.82 Å². The van der Waals surface area contributed by atoms with Crippen LogP contribution in [0.3, 0.4) is 0 Å². The van der Waals surface area contributed by atoms with Gasteiger partial charge in [-0.3, -0.25) is 4.79 Å². The normalized spacial score (nSPS) is 10.2. The van der Waals surface area contributed by atoms with E-state index >= 15 is 0 Å². The first-order chi connectivity index (χ1) is 11.9. The van der Waals surface area contributed by atoms with Gasteiger partial charge in [0.15, 0.2) is 0 Å². The molecule has 0 bridgehead atoms. The van der Waals surface area contributed by atoms with E-state index in [1.165, 1.54) is 6.92 Å². The Kier molecular flexibility index (Phi) is 5.94. The van der Waals surface area contributed by atoms with Crippen LogP contribution in [-0.4, -0.2) is 25.7 Å². The van der Waals surface area contributed by atoms with Gasteiger partial charge in [0.05, 0.1) is 5.69 Å².